The number of hydrogen-bond donors (Lipinski definition) is 1. The summed E-state index contributed by atoms with van der Waals surface area (Å²) in [7, 11) is 1.72. The van der Waals surface area contributed by atoms with Crippen LogP contribution in [0.15, 0.2) is 29.2 Å². The van der Waals surface area contributed by atoms with Crippen molar-refractivity contribution in [2.75, 3.05) is 19.5 Å². The first kappa shape index (κ1) is 12.6. The molecule has 0 fully saturated rings. The summed E-state index contributed by atoms with van der Waals surface area (Å²) < 4.78 is 4.98. The largest absolute Gasteiger partial charge is 0.389 e. The zero-order valence-electron chi connectivity index (χ0n) is 9.27. The molecule has 0 saturated heterocycles. The summed E-state index contributed by atoms with van der Waals surface area (Å²) >= 11 is 1.82. The molecule has 0 aliphatic carbocycles. The number of ether oxygens (including phenoxy) is 1. The van der Waals surface area contributed by atoms with E-state index in [-0.39, 0.29) is 6.10 Å². The van der Waals surface area contributed by atoms with Gasteiger partial charge in [0.2, 0.25) is 0 Å². The first-order valence-electron chi connectivity index (χ1n) is 5.14. The SMILES string of the molecule is COCCCSc1ccc([C@@H](C)O)cc1. The number of hydrogen-bond acceptors (Lipinski definition) is 3. The monoisotopic (exact) mass is 226 g/mol. The van der Waals surface area contributed by atoms with Gasteiger partial charge in [0.15, 0.2) is 0 Å². The number of aliphatic hydroxyl groups excluding tert-OH is 1. The third-order valence-corrected chi connectivity index (χ3v) is 3.22. The fourth-order valence-corrected chi connectivity index (χ4v) is 2.06. The van der Waals surface area contributed by atoms with Crippen LogP contribution in [0.25, 0.3) is 0 Å². The van der Waals surface area contributed by atoms with E-state index in [0.717, 1.165) is 24.3 Å². The predicted octanol–water partition coefficient (Wildman–Crippen LogP) is 2.87. The van der Waals surface area contributed by atoms with E-state index in [4.69, 9.17) is 4.74 Å². The minimum absolute atomic E-state index is 0.377. The molecule has 3 heteroatoms. The molecule has 0 saturated carbocycles. The maximum Gasteiger partial charge on any atom is 0.0761 e. The first-order chi connectivity index (χ1) is 7.24. The Balaban J connectivity index is 2.36. The number of rotatable bonds is 6. The van der Waals surface area contributed by atoms with E-state index in [1.54, 1.807) is 14.0 Å². The van der Waals surface area contributed by atoms with Crippen molar-refractivity contribution < 1.29 is 9.84 Å². The van der Waals surface area contributed by atoms with Crippen LogP contribution in [0.1, 0.15) is 25.0 Å². The summed E-state index contributed by atoms with van der Waals surface area (Å²) in [6.07, 6.45) is 0.691. The van der Waals surface area contributed by atoms with Crippen molar-refractivity contribution in [3.63, 3.8) is 0 Å². The van der Waals surface area contributed by atoms with E-state index in [1.165, 1.54) is 4.90 Å². The van der Waals surface area contributed by atoms with Gasteiger partial charge in [0.05, 0.1) is 6.10 Å². The van der Waals surface area contributed by atoms with E-state index in [1.807, 2.05) is 23.9 Å². The Morgan fingerprint density at radius 2 is 2.00 bits per heavy atom. The molecule has 2 nitrogen and oxygen atoms in total. The summed E-state index contributed by atoms with van der Waals surface area (Å²) in [5, 5.41) is 9.34. The minimum atomic E-state index is -0.377. The first-order valence-corrected chi connectivity index (χ1v) is 6.12. The second kappa shape index (κ2) is 6.88. The standard InChI is InChI=1S/C12H18O2S/c1-10(13)11-4-6-12(7-5-11)15-9-3-8-14-2/h4-7,10,13H,3,8-9H2,1-2H3/t10-/m1/s1. The summed E-state index contributed by atoms with van der Waals surface area (Å²) in [4.78, 5) is 1.25. The highest BCUT2D eigenvalue weighted by Gasteiger charge is 2.00. The Bertz CT molecular complexity index is 269. The lowest BCUT2D eigenvalue weighted by Gasteiger charge is -2.06. The Kier molecular flexibility index (Phi) is 5.76. The van der Waals surface area contributed by atoms with E-state index in [2.05, 4.69) is 12.1 Å². The Hall–Kier alpha value is -0.510. The molecule has 1 N–H and O–H groups in total. The van der Waals surface area contributed by atoms with Gasteiger partial charge in [-0.1, -0.05) is 12.1 Å². The zero-order valence-corrected chi connectivity index (χ0v) is 10.1. The van der Waals surface area contributed by atoms with E-state index in [0.29, 0.717) is 0 Å². The molecule has 1 atom stereocenters. The smallest absolute Gasteiger partial charge is 0.0761 e. The van der Waals surface area contributed by atoms with Crippen molar-refractivity contribution in [3.8, 4) is 0 Å². The molecular formula is C12H18O2S. The number of aliphatic hydroxyl groups is 1. The molecule has 0 bridgehead atoms. The molecule has 0 amide bonds. The van der Waals surface area contributed by atoms with Crippen molar-refractivity contribution in [1.82, 2.24) is 0 Å². The lowest BCUT2D eigenvalue weighted by Crippen LogP contribution is -1.91. The summed E-state index contributed by atoms with van der Waals surface area (Å²) in [6, 6.07) is 8.06. The van der Waals surface area contributed by atoms with Crippen LogP contribution >= 0.6 is 11.8 Å². The van der Waals surface area contributed by atoms with Crippen molar-refractivity contribution in [1.29, 1.82) is 0 Å². The fourth-order valence-electron chi connectivity index (χ4n) is 1.24. The fraction of sp³-hybridized carbons (Fsp3) is 0.500. The molecule has 0 spiro atoms. The van der Waals surface area contributed by atoms with Crippen molar-refractivity contribution in [2.45, 2.75) is 24.3 Å². The normalized spacial score (nSPS) is 12.7. The van der Waals surface area contributed by atoms with Crippen LogP contribution in [0, 0.1) is 0 Å². The predicted molar refractivity (Wildman–Crippen MR) is 64.3 cm³/mol. The Morgan fingerprint density at radius 3 is 2.53 bits per heavy atom. The maximum atomic E-state index is 9.34. The Labute approximate surface area is 95.7 Å². The quantitative estimate of drug-likeness (QED) is 0.597. The van der Waals surface area contributed by atoms with Crippen LogP contribution in [0.5, 0.6) is 0 Å². The van der Waals surface area contributed by atoms with Crippen molar-refractivity contribution >= 4 is 11.8 Å². The highest BCUT2D eigenvalue weighted by atomic mass is 32.2. The van der Waals surface area contributed by atoms with Gasteiger partial charge in [-0.2, -0.15) is 0 Å². The summed E-state index contributed by atoms with van der Waals surface area (Å²) in [6.45, 7) is 2.60. The zero-order chi connectivity index (χ0) is 11.1. The van der Waals surface area contributed by atoms with E-state index >= 15 is 0 Å². The third kappa shape index (κ3) is 4.69. The van der Waals surface area contributed by atoms with Crippen LogP contribution in [0.3, 0.4) is 0 Å². The van der Waals surface area contributed by atoms with E-state index < -0.39 is 0 Å². The van der Waals surface area contributed by atoms with Gasteiger partial charge in [0.25, 0.3) is 0 Å². The van der Waals surface area contributed by atoms with Gasteiger partial charge in [-0.15, -0.1) is 11.8 Å². The Morgan fingerprint density at radius 1 is 1.33 bits per heavy atom. The highest BCUT2D eigenvalue weighted by Crippen LogP contribution is 2.21. The van der Waals surface area contributed by atoms with Gasteiger partial charge in [-0.25, -0.2) is 0 Å². The van der Waals surface area contributed by atoms with Gasteiger partial charge < -0.3 is 9.84 Å². The van der Waals surface area contributed by atoms with E-state index in [9.17, 15) is 5.11 Å². The molecule has 1 aromatic carbocycles. The van der Waals surface area contributed by atoms with Gasteiger partial charge >= 0.3 is 0 Å². The molecule has 0 aromatic heterocycles. The number of thioether (sulfide) groups is 1. The van der Waals surface area contributed by atoms with Gasteiger partial charge in [0.1, 0.15) is 0 Å². The van der Waals surface area contributed by atoms with Crippen molar-refractivity contribution in [3.05, 3.63) is 29.8 Å². The molecular weight excluding hydrogens is 208 g/mol. The third-order valence-electron chi connectivity index (χ3n) is 2.12. The molecule has 84 valence electrons. The van der Waals surface area contributed by atoms with Crippen molar-refractivity contribution in [2.24, 2.45) is 0 Å². The molecule has 0 aliphatic heterocycles. The number of benzene rings is 1. The lowest BCUT2D eigenvalue weighted by atomic mass is 10.1. The lowest BCUT2D eigenvalue weighted by molar-refractivity contribution is 0.199. The molecule has 0 heterocycles. The minimum Gasteiger partial charge on any atom is -0.389 e. The summed E-state index contributed by atoms with van der Waals surface area (Å²) in [5.74, 6) is 1.07. The molecule has 1 aromatic rings. The second-order valence-electron chi connectivity index (χ2n) is 3.44. The van der Waals surface area contributed by atoms with Gasteiger partial charge in [-0.3, -0.25) is 0 Å². The molecule has 0 unspecified atom stereocenters. The summed E-state index contributed by atoms with van der Waals surface area (Å²) in [5.41, 5.74) is 0.969. The average Bonchev–Trinajstić information content (AvgIpc) is 2.25. The molecule has 0 aliphatic rings. The van der Waals surface area contributed by atoms with Crippen LogP contribution in [0.4, 0.5) is 0 Å². The van der Waals surface area contributed by atoms with Crippen LogP contribution < -0.4 is 0 Å². The van der Waals surface area contributed by atoms with Crippen LogP contribution in [-0.2, 0) is 4.74 Å². The average molecular weight is 226 g/mol. The maximum absolute atomic E-state index is 9.34. The highest BCUT2D eigenvalue weighted by molar-refractivity contribution is 7.99. The van der Waals surface area contributed by atoms with Gasteiger partial charge in [0, 0.05) is 24.4 Å². The topological polar surface area (TPSA) is 29.5 Å². The van der Waals surface area contributed by atoms with Gasteiger partial charge in [-0.05, 0) is 31.0 Å². The van der Waals surface area contributed by atoms with Crippen LogP contribution in [0.2, 0.25) is 0 Å². The molecule has 1 rings (SSSR count). The second-order valence-corrected chi connectivity index (χ2v) is 4.61. The van der Waals surface area contributed by atoms with Crippen LogP contribution in [-0.4, -0.2) is 24.6 Å². The number of methoxy groups -OCH3 is 1. The molecule has 0 radical (unpaired) electrons. The molecule has 15 heavy (non-hydrogen) atoms.